The number of nitrogens with one attached hydrogen (secondary N) is 1. The second-order valence-electron chi connectivity index (χ2n) is 4.95. The molecule has 0 amide bonds. The molecule has 0 radical (unpaired) electrons. The molecule has 0 atom stereocenters. The van der Waals surface area contributed by atoms with Crippen molar-refractivity contribution in [3.63, 3.8) is 0 Å². The highest BCUT2D eigenvalue weighted by Gasteiger charge is 2.23. The Kier molecular flexibility index (Phi) is 4.39. The predicted molar refractivity (Wildman–Crippen MR) is 73.1 cm³/mol. The number of hydrogen-bond acceptors (Lipinski definition) is 4. The fourth-order valence-corrected chi connectivity index (χ4v) is 1.84. The summed E-state index contributed by atoms with van der Waals surface area (Å²) in [5, 5.41) is 3.29. The first kappa shape index (κ1) is 13.1. The number of hydrogen-bond donors (Lipinski definition) is 1. The van der Waals surface area contributed by atoms with E-state index >= 15 is 0 Å². The Labute approximate surface area is 109 Å². The Morgan fingerprint density at radius 3 is 2.67 bits per heavy atom. The van der Waals surface area contributed by atoms with Gasteiger partial charge in [0, 0.05) is 13.0 Å². The lowest BCUT2D eigenvalue weighted by molar-refractivity contribution is 0.285. The lowest BCUT2D eigenvalue weighted by atomic mass is 10.2. The molecule has 0 aliphatic heterocycles. The molecule has 4 nitrogen and oxygen atoms in total. The van der Waals surface area contributed by atoms with E-state index in [-0.39, 0.29) is 0 Å². The van der Waals surface area contributed by atoms with Gasteiger partial charge in [-0.15, -0.1) is 0 Å². The van der Waals surface area contributed by atoms with Crippen LogP contribution in [0.3, 0.4) is 0 Å². The van der Waals surface area contributed by atoms with Crippen LogP contribution in [0.5, 0.6) is 5.88 Å². The third-order valence-electron chi connectivity index (χ3n) is 3.12. The van der Waals surface area contributed by atoms with Gasteiger partial charge in [-0.3, -0.25) is 0 Å². The van der Waals surface area contributed by atoms with Crippen LogP contribution in [0.2, 0.25) is 0 Å². The summed E-state index contributed by atoms with van der Waals surface area (Å²) >= 11 is 0. The second kappa shape index (κ2) is 6.03. The molecular weight excluding hydrogens is 226 g/mol. The number of aryl methyl sites for hydroxylation is 1. The number of ether oxygens (including phenoxy) is 1. The standard InChI is InChI=1S/C14H23N3O/c1-4-6-12-16-13(15-5-2)10(3)14(17-12)18-9-11-7-8-11/h11H,4-9H2,1-3H3,(H,15,16,17). The first-order valence-corrected chi connectivity index (χ1v) is 6.98. The first-order chi connectivity index (χ1) is 8.74. The summed E-state index contributed by atoms with van der Waals surface area (Å²) in [5.41, 5.74) is 1.03. The van der Waals surface area contributed by atoms with Gasteiger partial charge in [0.15, 0.2) is 0 Å². The maximum absolute atomic E-state index is 5.84. The van der Waals surface area contributed by atoms with Crippen LogP contribution in [0, 0.1) is 12.8 Å². The van der Waals surface area contributed by atoms with E-state index in [1.807, 2.05) is 6.92 Å². The van der Waals surface area contributed by atoms with E-state index in [0.29, 0.717) is 0 Å². The fraction of sp³-hybridized carbons (Fsp3) is 0.714. The third kappa shape index (κ3) is 3.34. The molecule has 1 aliphatic carbocycles. The van der Waals surface area contributed by atoms with Crippen LogP contribution in [0.4, 0.5) is 5.82 Å². The van der Waals surface area contributed by atoms with Crippen LogP contribution in [0.25, 0.3) is 0 Å². The summed E-state index contributed by atoms with van der Waals surface area (Å²) < 4.78 is 5.84. The van der Waals surface area contributed by atoms with E-state index in [9.17, 15) is 0 Å². The van der Waals surface area contributed by atoms with Crippen molar-refractivity contribution in [2.24, 2.45) is 5.92 Å². The van der Waals surface area contributed by atoms with Crippen molar-refractivity contribution in [3.8, 4) is 5.88 Å². The topological polar surface area (TPSA) is 47.0 Å². The van der Waals surface area contributed by atoms with Crippen LogP contribution in [0.1, 0.15) is 44.5 Å². The van der Waals surface area contributed by atoms with Gasteiger partial charge in [0.25, 0.3) is 0 Å². The summed E-state index contributed by atoms with van der Waals surface area (Å²) in [6.45, 7) is 7.91. The molecule has 0 spiro atoms. The van der Waals surface area contributed by atoms with Crippen LogP contribution in [-0.4, -0.2) is 23.1 Å². The lowest BCUT2D eigenvalue weighted by Crippen LogP contribution is -2.10. The quantitative estimate of drug-likeness (QED) is 0.807. The molecule has 0 unspecified atom stereocenters. The number of aromatic nitrogens is 2. The SMILES string of the molecule is CCCc1nc(NCC)c(C)c(OCC2CC2)n1. The lowest BCUT2D eigenvalue weighted by Gasteiger charge is -2.13. The second-order valence-corrected chi connectivity index (χ2v) is 4.95. The van der Waals surface area contributed by atoms with E-state index in [0.717, 1.165) is 55.0 Å². The molecule has 0 saturated heterocycles. The zero-order chi connectivity index (χ0) is 13.0. The minimum Gasteiger partial charge on any atom is -0.477 e. The van der Waals surface area contributed by atoms with Crippen LogP contribution >= 0.6 is 0 Å². The Hall–Kier alpha value is -1.32. The van der Waals surface area contributed by atoms with Crippen molar-refractivity contribution in [3.05, 3.63) is 11.4 Å². The van der Waals surface area contributed by atoms with Crippen molar-refractivity contribution in [1.29, 1.82) is 0 Å². The predicted octanol–water partition coefficient (Wildman–Crippen LogP) is 2.96. The molecule has 1 N–H and O–H groups in total. The minimum absolute atomic E-state index is 0.747. The molecule has 1 heterocycles. The van der Waals surface area contributed by atoms with Gasteiger partial charge in [-0.2, -0.15) is 4.98 Å². The summed E-state index contributed by atoms with van der Waals surface area (Å²) in [7, 11) is 0. The first-order valence-electron chi connectivity index (χ1n) is 6.98. The summed E-state index contributed by atoms with van der Waals surface area (Å²) in [4.78, 5) is 9.08. The van der Waals surface area contributed by atoms with Crippen LogP contribution < -0.4 is 10.1 Å². The molecule has 0 aromatic carbocycles. The van der Waals surface area contributed by atoms with Gasteiger partial charge >= 0.3 is 0 Å². The Bertz CT molecular complexity index is 402. The number of anilines is 1. The van der Waals surface area contributed by atoms with Gasteiger partial charge in [-0.1, -0.05) is 6.92 Å². The van der Waals surface area contributed by atoms with Gasteiger partial charge in [-0.25, -0.2) is 4.98 Å². The molecule has 1 aromatic rings. The van der Waals surface area contributed by atoms with E-state index in [4.69, 9.17) is 4.74 Å². The highest BCUT2D eigenvalue weighted by Crippen LogP contribution is 2.30. The fourth-order valence-electron chi connectivity index (χ4n) is 1.84. The summed E-state index contributed by atoms with van der Waals surface area (Å²) in [6, 6.07) is 0. The average molecular weight is 249 g/mol. The number of rotatable bonds is 7. The Morgan fingerprint density at radius 1 is 1.28 bits per heavy atom. The maximum atomic E-state index is 5.84. The molecule has 1 aliphatic rings. The highest BCUT2D eigenvalue weighted by atomic mass is 16.5. The Morgan fingerprint density at radius 2 is 2.06 bits per heavy atom. The zero-order valence-corrected chi connectivity index (χ0v) is 11.6. The van der Waals surface area contributed by atoms with Crippen molar-refractivity contribution in [1.82, 2.24) is 9.97 Å². The third-order valence-corrected chi connectivity index (χ3v) is 3.12. The monoisotopic (exact) mass is 249 g/mol. The van der Waals surface area contributed by atoms with E-state index in [1.165, 1.54) is 12.8 Å². The van der Waals surface area contributed by atoms with Gasteiger partial charge < -0.3 is 10.1 Å². The smallest absolute Gasteiger partial charge is 0.221 e. The van der Waals surface area contributed by atoms with E-state index in [2.05, 4.69) is 29.1 Å². The molecule has 1 saturated carbocycles. The van der Waals surface area contributed by atoms with Gasteiger partial charge in [0.2, 0.25) is 5.88 Å². The molecule has 1 fully saturated rings. The zero-order valence-electron chi connectivity index (χ0n) is 11.6. The van der Waals surface area contributed by atoms with Crippen molar-refractivity contribution < 1.29 is 4.74 Å². The van der Waals surface area contributed by atoms with E-state index < -0.39 is 0 Å². The molecule has 18 heavy (non-hydrogen) atoms. The largest absolute Gasteiger partial charge is 0.477 e. The maximum Gasteiger partial charge on any atom is 0.221 e. The van der Waals surface area contributed by atoms with E-state index in [1.54, 1.807) is 0 Å². The molecule has 0 bridgehead atoms. The van der Waals surface area contributed by atoms with Crippen molar-refractivity contribution >= 4 is 5.82 Å². The van der Waals surface area contributed by atoms with Crippen LogP contribution in [-0.2, 0) is 6.42 Å². The van der Waals surface area contributed by atoms with Crippen LogP contribution in [0.15, 0.2) is 0 Å². The highest BCUT2D eigenvalue weighted by molar-refractivity contribution is 5.48. The minimum atomic E-state index is 0.747. The van der Waals surface area contributed by atoms with Crippen molar-refractivity contribution in [2.45, 2.75) is 46.5 Å². The molecule has 2 rings (SSSR count). The van der Waals surface area contributed by atoms with Crippen molar-refractivity contribution in [2.75, 3.05) is 18.5 Å². The number of nitrogens with zero attached hydrogens (tertiary/aromatic N) is 2. The average Bonchev–Trinajstić information content (AvgIpc) is 3.16. The summed E-state index contributed by atoms with van der Waals surface area (Å²) in [6.07, 6.45) is 4.55. The molecule has 4 heteroatoms. The van der Waals surface area contributed by atoms with Gasteiger partial charge in [-0.05, 0) is 39.0 Å². The molecule has 1 aromatic heterocycles. The molecule has 100 valence electrons. The molecular formula is C14H23N3O. The summed E-state index contributed by atoms with van der Waals surface area (Å²) in [5.74, 6) is 3.31. The normalized spacial score (nSPS) is 14.6. The van der Waals surface area contributed by atoms with Gasteiger partial charge in [0.05, 0.1) is 12.2 Å². The van der Waals surface area contributed by atoms with Gasteiger partial charge in [0.1, 0.15) is 11.6 Å². The Balaban J connectivity index is 2.16.